The molecule has 2 aliphatic rings. The molecule has 10 heteroatoms. The first-order valence-corrected chi connectivity index (χ1v) is 16.5. The Morgan fingerprint density at radius 3 is 2.42 bits per heavy atom. The molecule has 0 unspecified atom stereocenters. The molecule has 6 N–H and O–H groups in total. The van der Waals surface area contributed by atoms with Crippen molar-refractivity contribution in [2.45, 2.75) is 63.0 Å². The molecule has 1 aliphatic heterocycles. The third-order valence-corrected chi connectivity index (χ3v) is 10.6. The van der Waals surface area contributed by atoms with Gasteiger partial charge in [0.15, 0.2) is 0 Å². The zero-order chi connectivity index (χ0) is 29.7. The van der Waals surface area contributed by atoms with Crippen LogP contribution >= 0.6 is 23.2 Å². The zero-order valence-corrected chi connectivity index (χ0v) is 26.3. The summed E-state index contributed by atoms with van der Waals surface area (Å²) in [7, 11) is -1.31. The Morgan fingerprint density at radius 2 is 1.77 bits per heavy atom. The summed E-state index contributed by atoms with van der Waals surface area (Å²) in [5.41, 5.74) is 10.9. The number of carbonyl (C=O) groups excluding carboxylic acids is 1. The van der Waals surface area contributed by atoms with E-state index in [1.54, 1.807) is 17.5 Å². The molecule has 2 atom stereocenters. The number of nitrogens with two attached hydrogens (primary N) is 1. The monoisotopic (exact) mass is 629 g/mol. The molecule has 3 aromatic rings. The molecule has 1 saturated carbocycles. The van der Waals surface area contributed by atoms with Crippen LogP contribution in [0.15, 0.2) is 66.7 Å². The van der Waals surface area contributed by atoms with E-state index in [-0.39, 0.29) is 18.3 Å². The Hall–Kier alpha value is -2.79. The molecule has 1 heterocycles. The largest absolute Gasteiger partial charge is 0.497 e. The molecule has 3 aromatic carbocycles. The van der Waals surface area contributed by atoms with Crippen LogP contribution in [-0.4, -0.2) is 52.2 Å². The quantitative estimate of drug-likeness (QED) is 0.161. The number of amides is 1. The fraction of sp³-hybridized carbons (Fsp3) is 0.424. The summed E-state index contributed by atoms with van der Waals surface area (Å²) in [6.45, 7) is 1.37. The number of benzene rings is 3. The van der Waals surface area contributed by atoms with Gasteiger partial charge in [0.05, 0.1) is 24.7 Å². The van der Waals surface area contributed by atoms with Gasteiger partial charge < -0.3 is 20.9 Å². The number of aliphatic hydroxyl groups is 1. The van der Waals surface area contributed by atoms with Gasteiger partial charge in [0, 0.05) is 31.1 Å². The number of hydrogen-bond acceptors (Lipinski definition) is 7. The van der Waals surface area contributed by atoms with Gasteiger partial charge in [-0.2, -0.15) is 0 Å². The Morgan fingerprint density at radius 1 is 1.05 bits per heavy atom. The highest BCUT2D eigenvalue weighted by Gasteiger charge is 2.35. The van der Waals surface area contributed by atoms with Crippen molar-refractivity contribution in [1.82, 2.24) is 5.32 Å². The van der Waals surface area contributed by atoms with E-state index >= 15 is 0 Å². The number of carbonyl (C=O) groups is 1. The van der Waals surface area contributed by atoms with Gasteiger partial charge in [-0.15, -0.1) is 23.2 Å². The predicted molar refractivity (Wildman–Crippen MR) is 177 cm³/mol. The smallest absolute Gasteiger partial charge is 0.249 e. The van der Waals surface area contributed by atoms with Crippen molar-refractivity contribution in [3.8, 4) is 5.75 Å². The lowest BCUT2D eigenvalue weighted by Crippen LogP contribution is -2.35. The van der Waals surface area contributed by atoms with Gasteiger partial charge in [-0.3, -0.25) is 18.2 Å². The molecule has 0 bridgehead atoms. The minimum absolute atomic E-state index is 0. The topological polar surface area (TPSA) is 128 Å². The van der Waals surface area contributed by atoms with E-state index in [4.69, 9.17) is 10.5 Å². The molecule has 43 heavy (non-hydrogen) atoms. The number of primary amides is 1. The van der Waals surface area contributed by atoms with Crippen LogP contribution in [0, 0.1) is 0 Å². The van der Waals surface area contributed by atoms with E-state index in [2.05, 4.69) is 5.32 Å². The maximum Gasteiger partial charge on any atom is 0.249 e. The number of rotatable bonds is 12. The SMILES string of the molecule is COc1cccc(CNC[C@H](O)[C@@H](Cc2ccccc2)c2c(C(N)=O)cc(N3CCCS3(O)O)cc2C2CCCC2)c1.Cl. The van der Waals surface area contributed by atoms with E-state index in [9.17, 15) is 19.0 Å². The first-order valence-electron chi connectivity index (χ1n) is 14.8. The van der Waals surface area contributed by atoms with Crippen LogP contribution in [0.25, 0.3) is 0 Å². The normalized spacial score (nSPS) is 18.6. The Balaban J connectivity index is 0.00000423. The van der Waals surface area contributed by atoms with Gasteiger partial charge in [0.25, 0.3) is 0 Å². The number of nitrogens with zero attached hydrogens (tertiary/aromatic N) is 1. The molecule has 0 spiro atoms. The van der Waals surface area contributed by atoms with Gasteiger partial charge in [-0.25, -0.2) is 0 Å². The van der Waals surface area contributed by atoms with Crippen molar-refractivity contribution in [3.05, 3.63) is 94.5 Å². The highest BCUT2D eigenvalue weighted by atomic mass is 35.5. The fourth-order valence-corrected chi connectivity index (χ4v) is 8.14. The Labute approximate surface area is 262 Å². The van der Waals surface area contributed by atoms with Gasteiger partial charge in [-0.05, 0) is 78.1 Å². The summed E-state index contributed by atoms with van der Waals surface area (Å²) >= 11 is 0. The molecule has 234 valence electrons. The van der Waals surface area contributed by atoms with Gasteiger partial charge >= 0.3 is 0 Å². The van der Waals surface area contributed by atoms with E-state index in [0.29, 0.717) is 49.5 Å². The van der Waals surface area contributed by atoms with E-state index in [1.165, 1.54) is 0 Å². The summed E-state index contributed by atoms with van der Waals surface area (Å²) in [4.78, 5) is 13.1. The molecule has 5 rings (SSSR count). The average Bonchev–Trinajstić information content (AvgIpc) is 3.65. The lowest BCUT2D eigenvalue weighted by atomic mass is 9.78. The van der Waals surface area contributed by atoms with Gasteiger partial charge in [0.1, 0.15) is 5.75 Å². The van der Waals surface area contributed by atoms with E-state index in [1.807, 2.05) is 60.7 Å². The average molecular weight is 630 g/mol. The van der Waals surface area contributed by atoms with Crippen LogP contribution in [0.2, 0.25) is 0 Å². The third-order valence-electron chi connectivity index (χ3n) is 8.63. The highest BCUT2D eigenvalue weighted by Crippen LogP contribution is 2.52. The molecule has 2 fully saturated rings. The maximum atomic E-state index is 13.1. The molecule has 0 aromatic heterocycles. The van der Waals surface area contributed by atoms with Crippen LogP contribution in [-0.2, 0) is 13.0 Å². The van der Waals surface area contributed by atoms with Crippen molar-refractivity contribution in [2.24, 2.45) is 5.73 Å². The lowest BCUT2D eigenvalue weighted by molar-refractivity contribution is 0.0995. The Kier molecular flexibility index (Phi) is 11.4. The van der Waals surface area contributed by atoms with Crippen LogP contribution in [0.3, 0.4) is 0 Å². The fourth-order valence-electron chi connectivity index (χ4n) is 6.54. The summed E-state index contributed by atoms with van der Waals surface area (Å²) in [6, 6.07) is 21.6. The van der Waals surface area contributed by atoms with Crippen molar-refractivity contribution < 1.29 is 23.7 Å². The molecule has 0 radical (unpaired) electrons. The van der Waals surface area contributed by atoms with Crippen molar-refractivity contribution in [2.75, 3.05) is 30.3 Å². The van der Waals surface area contributed by atoms with Gasteiger partial charge in [0.2, 0.25) is 5.91 Å². The highest BCUT2D eigenvalue weighted by molar-refractivity contribution is 8.25. The minimum Gasteiger partial charge on any atom is -0.497 e. The lowest BCUT2D eigenvalue weighted by Gasteiger charge is -2.39. The summed E-state index contributed by atoms with van der Waals surface area (Å²) in [5.74, 6) is 0.317. The van der Waals surface area contributed by atoms with Crippen LogP contribution in [0.1, 0.15) is 76.6 Å². The van der Waals surface area contributed by atoms with Crippen molar-refractivity contribution >= 4 is 34.8 Å². The van der Waals surface area contributed by atoms with Crippen LogP contribution < -0.4 is 20.1 Å². The summed E-state index contributed by atoms with van der Waals surface area (Å²) < 4.78 is 28.5. The van der Waals surface area contributed by atoms with Gasteiger partial charge in [-0.1, -0.05) is 55.3 Å². The van der Waals surface area contributed by atoms with Crippen molar-refractivity contribution in [3.63, 3.8) is 0 Å². The first kappa shape index (κ1) is 33.1. The molecule has 1 saturated heterocycles. The number of halogens is 1. The summed E-state index contributed by atoms with van der Waals surface area (Å²) in [6.07, 6.45) is 4.53. The molecular formula is C33H44ClN3O5S. The second-order valence-electron chi connectivity index (χ2n) is 11.5. The van der Waals surface area contributed by atoms with Crippen LogP contribution in [0.4, 0.5) is 5.69 Å². The first-order chi connectivity index (χ1) is 20.3. The number of aliphatic hydroxyl groups excluding tert-OH is 1. The number of ether oxygens (including phenoxy) is 1. The molecular weight excluding hydrogens is 586 g/mol. The standard InChI is InChI=1S/C33H43N3O5S.ClH/c1-41-27-14-7-11-24(17-27)21-35-22-31(37)29(18-23-9-3-2-4-10-23)32-28(25-12-5-6-13-25)19-26(20-30(32)33(34)38)36-15-8-16-42(36,39)40;/h2-4,7,9-11,14,17,19-20,25,29,31,35,37,39-40H,5-6,8,12-13,15-16,18,21-22H2,1H3,(H2,34,38);1H/t29-,31+;/m1./s1. The number of hydrogen-bond donors (Lipinski definition) is 5. The maximum absolute atomic E-state index is 13.1. The predicted octanol–water partition coefficient (Wildman–Crippen LogP) is 6.23. The third kappa shape index (κ3) is 7.84. The van der Waals surface area contributed by atoms with E-state index in [0.717, 1.165) is 53.7 Å². The molecule has 1 aliphatic carbocycles. The second-order valence-corrected chi connectivity index (χ2v) is 13.6. The van der Waals surface area contributed by atoms with Crippen LogP contribution in [0.5, 0.6) is 5.75 Å². The summed E-state index contributed by atoms with van der Waals surface area (Å²) in [5, 5.41) is 15.2. The van der Waals surface area contributed by atoms with Crippen molar-refractivity contribution in [1.29, 1.82) is 0 Å². The number of anilines is 1. The molecule has 1 amide bonds. The zero-order valence-electron chi connectivity index (χ0n) is 24.7. The molecule has 8 nitrogen and oxygen atoms in total. The number of nitrogens with one attached hydrogen (secondary N) is 1. The number of methoxy groups -OCH3 is 1. The second kappa shape index (κ2) is 14.8. The Bertz CT molecular complexity index is 1370. The van der Waals surface area contributed by atoms with E-state index < -0.39 is 28.7 Å². The minimum atomic E-state index is -2.95.